The van der Waals surface area contributed by atoms with Crippen LogP contribution in [-0.2, 0) is 9.53 Å². The van der Waals surface area contributed by atoms with Crippen LogP contribution in [-0.4, -0.2) is 18.5 Å². The predicted octanol–water partition coefficient (Wildman–Crippen LogP) is 5.98. The average molecular weight is 430 g/mol. The maximum absolute atomic E-state index is 13.0. The van der Waals surface area contributed by atoms with E-state index >= 15 is 0 Å². The number of amides is 1. The number of carbonyl (C=O) groups excluding carboxylic acids is 2. The molecule has 0 fully saturated rings. The number of hydrogen-bond donors (Lipinski definition) is 0. The number of anilines is 2. The first-order valence-corrected chi connectivity index (χ1v) is 9.93. The molecule has 1 aliphatic rings. The van der Waals surface area contributed by atoms with Crippen LogP contribution in [0.2, 0.25) is 10.0 Å². The van der Waals surface area contributed by atoms with E-state index in [2.05, 4.69) is 0 Å². The monoisotopic (exact) mass is 429 g/mol. The minimum Gasteiger partial charge on any atom is -0.452 e. The van der Waals surface area contributed by atoms with Crippen LogP contribution in [0.5, 0.6) is 0 Å². The molecule has 3 aromatic carbocycles. The second-order valence-corrected chi connectivity index (χ2v) is 7.89. The van der Waals surface area contributed by atoms with Crippen LogP contribution in [0.4, 0.5) is 11.4 Å². The van der Waals surface area contributed by atoms with Crippen molar-refractivity contribution in [2.45, 2.75) is 9.79 Å². The zero-order valence-corrected chi connectivity index (χ0v) is 16.7. The third kappa shape index (κ3) is 3.61. The molecule has 140 valence electrons. The summed E-state index contributed by atoms with van der Waals surface area (Å²) in [6, 6.07) is 19.7. The lowest BCUT2D eigenvalue weighted by Crippen LogP contribution is -2.32. The minimum absolute atomic E-state index is 0.122. The lowest BCUT2D eigenvalue weighted by atomic mass is 10.2. The standard InChI is InChI=1S/C21H13Cl2NO3S/c22-13-9-10-15(23)14(11-13)21(26)27-12-20(25)24-16-5-1-3-7-18(16)28-19-8-4-2-6-17(19)24/h1-11H,12H2. The highest BCUT2D eigenvalue weighted by atomic mass is 35.5. The van der Waals surface area contributed by atoms with E-state index < -0.39 is 12.6 Å². The molecule has 1 amide bonds. The predicted molar refractivity (Wildman–Crippen MR) is 111 cm³/mol. The summed E-state index contributed by atoms with van der Waals surface area (Å²) in [6.07, 6.45) is 0. The highest BCUT2D eigenvalue weighted by Gasteiger charge is 2.28. The number of rotatable bonds is 3. The molecule has 0 atom stereocenters. The van der Waals surface area contributed by atoms with Crippen molar-refractivity contribution in [3.05, 3.63) is 82.3 Å². The largest absolute Gasteiger partial charge is 0.452 e. The van der Waals surface area contributed by atoms with Gasteiger partial charge in [0.2, 0.25) is 0 Å². The number of esters is 1. The Labute approximate surface area is 176 Å². The van der Waals surface area contributed by atoms with Gasteiger partial charge in [0.25, 0.3) is 5.91 Å². The maximum atomic E-state index is 13.0. The molecule has 0 saturated heterocycles. The molecule has 0 aromatic heterocycles. The molecule has 3 aromatic rings. The summed E-state index contributed by atoms with van der Waals surface area (Å²) >= 11 is 13.5. The van der Waals surface area contributed by atoms with E-state index in [1.54, 1.807) is 22.7 Å². The van der Waals surface area contributed by atoms with Crippen molar-refractivity contribution < 1.29 is 14.3 Å². The smallest absolute Gasteiger partial charge is 0.340 e. The molecule has 0 aliphatic carbocycles. The summed E-state index contributed by atoms with van der Waals surface area (Å²) < 4.78 is 5.23. The van der Waals surface area contributed by atoms with Gasteiger partial charge >= 0.3 is 5.97 Å². The molecule has 0 N–H and O–H groups in total. The molecule has 7 heteroatoms. The first-order valence-electron chi connectivity index (χ1n) is 8.35. The number of fused-ring (bicyclic) bond motifs is 2. The van der Waals surface area contributed by atoms with E-state index in [9.17, 15) is 9.59 Å². The first kappa shape index (κ1) is 18.9. The molecular weight excluding hydrogens is 417 g/mol. The Morgan fingerprint density at radius 3 is 2.14 bits per heavy atom. The lowest BCUT2D eigenvalue weighted by molar-refractivity contribution is -0.121. The van der Waals surface area contributed by atoms with Gasteiger partial charge in [0, 0.05) is 14.8 Å². The van der Waals surface area contributed by atoms with Gasteiger partial charge in [-0.2, -0.15) is 0 Å². The molecule has 0 saturated carbocycles. The summed E-state index contributed by atoms with van der Waals surface area (Å²) in [6.45, 7) is -0.422. The van der Waals surface area contributed by atoms with Gasteiger partial charge in [-0.15, -0.1) is 0 Å². The van der Waals surface area contributed by atoms with E-state index in [1.807, 2.05) is 48.5 Å². The first-order chi connectivity index (χ1) is 13.5. The Morgan fingerprint density at radius 2 is 1.50 bits per heavy atom. The van der Waals surface area contributed by atoms with E-state index in [0.29, 0.717) is 5.02 Å². The van der Waals surface area contributed by atoms with Crippen molar-refractivity contribution >= 4 is 58.2 Å². The van der Waals surface area contributed by atoms with E-state index in [0.717, 1.165) is 21.2 Å². The van der Waals surface area contributed by atoms with Gasteiger partial charge in [0.05, 0.1) is 22.0 Å². The van der Waals surface area contributed by atoms with Crippen molar-refractivity contribution in [3.63, 3.8) is 0 Å². The van der Waals surface area contributed by atoms with Crippen LogP contribution in [0, 0.1) is 0 Å². The van der Waals surface area contributed by atoms with Crippen molar-refractivity contribution in [3.8, 4) is 0 Å². The van der Waals surface area contributed by atoms with Crippen LogP contribution in [0.15, 0.2) is 76.5 Å². The molecule has 0 spiro atoms. The summed E-state index contributed by atoms with van der Waals surface area (Å²) in [5, 5.41) is 0.575. The van der Waals surface area contributed by atoms with Crippen LogP contribution in [0.25, 0.3) is 0 Å². The summed E-state index contributed by atoms with van der Waals surface area (Å²) in [4.78, 5) is 28.8. The van der Waals surface area contributed by atoms with Crippen molar-refractivity contribution in [2.24, 2.45) is 0 Å². The van der Waals surface area contributed by atoms with Gasteiger partial charge in [0.1, 0.15) is 0 Å². The number of carbonyl (C=O) groups is 2. The van der Waals surface area contributed by atoms with Crippen molar-refractivity contribution in [1.82, 2.24) is 0 Å². The van der Waals surface area contributed by atoms with Gasteiger partial charge in [-0.1, -0.05) is 59.2 Å². The van der Waals surface area contributed by atoms with E-state index in [-0.39, 0.29) is 16.5 Å². The number of halogens is 2. The molecule has 4 nitrogen and oxygen atoms in total. The third-order valence-corrected chi connectivity index (χ3v) is 5.85. The Kier molecular flexibility index (Phi) is 5.31. The Balaban J connectivity index is 1.59. The van der Waals surface area contributed by atoms with Crippen LogP contribution >= 0.6 is 35.0 Å². The molecule has 28 heavy (non-hydrogen) atoms. The summed E-state index contributed by atoms with van der Waals surface area (Å²) in [5.41, 5.74) is 1.64. The number of hydrogen-bond acceptors (Lipinski definition) is 4. The summed E-state index contributed by atoms with van der Waals surface area (Å²) in [5.74, 6) is -1.06. The van der Waals surface area contributed by atoms with E-state index in [1.165, 1.54) is 12.1 Å². The molecular formula is C21H13Cl2NO3S. The third-order valence-electron chi connectivity index (χ3n) is 4.16. The number of ether oxygens (including phenoxy) is 1. The van der Waals surface area contributed by atoms with Crippen LogP contribution in [0.3, 0.4) is 0 Å². The number of para-hydroxylation sites is 2. The van der Waals surface area contributed by atoms with Gasteiger partial charge in [0.15, 0.2) is 6.61 Å². The highest BCUT2D eigenvalue weighted by Crippen LogP contribution is 2.47. The second-order valence-electron chi connectivity index (χ2n) is 5.97. The highest BCUT2D eigenvalue weighted by molar-refractivity contribution is 7.99. The molecule has 0 unspecified atom stereocenters. The fourth-order valence-electron chi connectivity index (χ4n) is 2.90. The van der Waals surface area contributed by atoms with Gasteiger partial charge < -0.3 is 4.74 Å². The normalized spacial score (nSPS) is 12.1. The molecule has 0 bridgehead atoms. The molecule has 1 aliphatic heterocycles. The Hall–Kier alpha value is -2.47. The van der Waals surface area contributed by atoms with Crippen LogP contribution < -0.4 is 4.90 Å². The molecule has 0 radical (unpaired) electrons. The molecule has 1 heterocycles. The van der Waals surface area contributed by atoms with Gasteiger partial charge in [-0.3, -0.25) is 9.69 Å². The van der Waals surface area contributed by atoms with Crippen LogP contribution in [0.1, 0.15) is 10.4 Å². The molecule has 4 rings (SSSR count). The quantitative estimate of drug-likeness (QED) is 0.480. The fourth-order valence-corrected chi connectivity index (χ4v) is 4.32. The Morgan fingerprint density at radius 1 is 0.893 bits per heavy atom. The maximum Gasteiger partial charge on any atom is 0.340 e. The number of nitrogens with zero attached hydrogens (tertiary/aromatic N) is 1. The fraction of sp³-hybridized carbons (Fsp3) is 0.0476. The minimum atomic E-state index is -0.700. The SMILES string of the molecule is O=C(OCC(=O)N1c2ccccc2Sc2ccccc21)c1cc(Cl)ccc1Cl. The van der Waals surface area contributed by atoms with Crippen molar-refractivity contribution in [1.29, 1.82) is 0 Å². The average Bonchev–Trinajstić information content (AvgIpc) is 2.71. The summed E-state index contributed by atoms with van der Waals surface area (Å²) in [7, 11) is 0. The Bertz CT molecular complexity index is 1040. The zero-order chi connectivity index (χ0) is 19.7. The van der Waals surface area contributed by atoms with E-state index in [4.69, 9.17) is 27.9 Å². The zero-order valence-electron chi connectivity index (χ0n) is 14.4. The van der Waals surface area contributed by atoms with Crippen molar-refractivity contribution in [2.75, 3.05) is 11.5 Å². The van der Waals surface area contributed by atoms with Gasteiger partial charge in [-0.25, -0.2) is 4.79 Å². The van der Waals surface area contributed by atoms with Gasteiger partial charge in [-0.05, 0) is 42.5 Å². The number of benzene rings is 3. The topological polar surface area (TPSA) is 46.6 Å². The lowest BCUT2D eigenvalue weighted by Gasteiger charge is -2.30. The second kappa shape index (κ2) is 7.87.